The molecule has 5 unspecified atom stereocenters. The summed E-state index contributed by atoms with van der Waals surface area (Å²) >= 11 is 0. The minimum atomic E-state index is -1.13. The lowest BCUT2D eigenvalue weighted by atomic mass is 9.78. The van der Waals surface area contributed by atoms with E-state index < -0.39 is 17.1 Å². The lowest BCUT2D eigenvalue weighted by molar-refractivity contribution is -0.847. The van der Waals surface area contributed by atoms with Gasteiger partial charge in [0.25, 0.3) is 8.53 Å². The van der Waals surface area contributed by atoms with Crippen LogP contribution in [-0.2, 0) is 18.1 Å². The number of nitrogens with zero attached hydrogens (tertiary/aromatic N) is 2. The molecule has 3 N–H and O–H groups in total. The molecule has 0 radical (unpaired) electrons. The van der Waals surface area contributed by atoms with Crippen LogP contribution in [0.2, 0.25) is 0 Å². The van der Waals surface area contributed by atoms with Crippen molar-refractivity contribution in [3.63, 3.8) is 0 Å². The molecule has 0 saturated carbocycles. The van der Waals surface area contributed by atoms with Crippen molar-refractivity contribution in [1.82, 2.24) is 20.6 Å². The van der Waals surface area contributed by atoms with Gasteiger partial charge in [0.2, 0.25) is 0 Å². The maximum Gasteiger partial charge on any atom is 0.419 e. The van der Waals surface area contributed by atoms with Gasteiger partial charge in [-0.2, -0.15) is 0 Å². The van der Waals surface area contributed by atoms with E-state index in [1.807, 2.05) is 0 Å². The number of piperidine rings is 2. The Morgan fingerprint density at radius 2 is 1.29 bits per heavy atom. The molecule has 4 saturated heterocycles. The summed E-state index contributed by atoms with van der Waals surface area (Å²) in [6.07, 6.45) is 6.68. The monoisotopic (exact) mass is 632 g/mol. The van der Waals surface area contributed by atoms with Crippen molar-refractivity contribution < 1.29 is 22.3 Å². The largest absolute Gasteiger partial charge is 0.419 e. The van der Waals surface area contributed by atoms with Crippen LogP contribution in [0.3, 0.4) is 0 Å². The maximum atomic E-state index is 6.83. The molecule has 11 heteroatoms. The molecule has 4 fully saturated rings. The first-order chi connectivity index (χ1) is 19.4. The van der Waals surface area contributed by atoms with Crippen LogP contribution in [0.5, 0.6) is 0 Å². The summed E-state index contributed by atoms with van der Waals surface area (Å²) in [7, 11) is -0.194. The minimum absolute atomic E-state index is 0.0319. The molecule has 4 aliphatic rings. The van der Waals surface area contributed by atoms with Crippen LogP contribution in [0.4, 0.5) is 0 Å². The van der Waals surface area contributed by atoms with Gasteiger partial charge < -0.3 is 25.0 Å². The fourth-order valence-corrected chi connectivity index (χ4v) is 12.0. The Morgan fingerprint density at radius 3 is 1.81 bits per heavy atom. The smallest absolute Gasteiger partial charge is 0.322 e. The second-order valence-corrected chi connectivity index (χ2v) is 19.4. The van der Waals surface area contributed by atoms with Crippen LogP contribution < -0.4 is 16.0 Å². The number of hydrogen-bond acceptors (Lipinski definition) is 8. The van der Waals surface area contributed by atoms with Crippen LogP contribution in [-0.4, -0.2) is 102 Å². The van der Waals surface area contributed by atoms with Crippen LogP contribution in [0, 0.1) is 0 Å². The van der Waals surface area contributed by atoms with Crippen molar-refractivity contribution in [1.29, 1.82) is 0 Å². The summed E-state index contributed by atoms with van der Waals surface area (Å²) in [5.74, 6) is 0. The van der Waals surface area contributed by atoms with Crippen molar-refractivity contribution in [3.05, 3.63) is 0 Å². The summed E-state index contributed by atoms with van der Waals surface area (Å²) in [4.78, 5) is 0. The zero-order valence-corrected chi connectivity index (χ0v) is 30.5. The summed E-state index contributed by atoms with van der Waals surface area (Å²) in [6.45, 7) is 28.6. The highest BCUT2D eigenvalue weighted by atomic mass is 31.2. The minimum Gasteiger partial charge on any atom is -0.322 e. The van der Waals surface area contributed by atoms with E-state index in [9.17, 15) is 0 Å². The number of nitrogens with one attached hydrogen (secondary N) is 3. The fraction of sp³-hybridized carbons (Fsp3) is 1.00. The zero-order chi connectivity index (χ0) is 31.0. The number of likely N-dealkylation sites (N-methyl/N-ethyl adjacent to an activating group) is 1. The SMILES string of the molecule is CNCC[N+](CCN(C1CC(C)(C)NC(C)(C)C1)P1OCCC(C)O1)(C1CC(C)(C)NC(C)(C)C1)P1OCCC(C)O1. The molecule has 0 amide bonds. The summed E-state index contributed by atoms with van der Waals surface area (Å²) in [5.41, 5.74) is 0.143. The second kappa shape index (κ2) is 13.7. The van der Waals surface area contributed by atoms with E-state index in [4.69, 9.17) is 18.1 Å². The van der Waals surface area contributed by atoms with Gasteiger partial charge in [0.15, 0.2) is 0 Å². The van der Waals surface area contributed by atoms with E-state index in [0.29, 0.717) is 12.1 Å². The Morgan fingerprint density at radius 1 is 0.762 bits per heavy atom. The van der Waals surface area contributed by atoms with Crippen molar-refractivity contribution >= 4 is 17.1 Å². The van der Waals surface area contributed by atoms with Gasteiger partial charge in [0.1, 0.15) is 0 Å². The number of rotatable bonds is 10. The Hall–Kier alpha value is 0.500. The molecule has 0 aromatic rings. The van der Waals surface area contributed by atoms with E-state index >= 15 is 0 Å². The molecule has 5 atom stereocenters. The third-order valence-electron chi connectivity index (χ3n) is 9.43. The van der Waals surface area contributed by atoms with Gasteiger partial charge in [0, 0.05) is 47.6 Å². The number of hydrogen-bond donors (Lipinski definition) is 3. The maximum absolute atomic E-state index is 6.83. The summed E-state index contributed by atoms with van der Waals surface area (Å²) < 4.78 is 30.1. The first kappa shape index (κ1) is 35.4. The van der Waals surface area contributed by atoms with E-state index in [2.05, 4.69) is 96.9 Å². The van der Waals surface area contributed by atoms with E-state index in [1.165, 1.54) is 0 Å². The highest BCUT2D eigenvalue weighted by Crippen LogP contribution is 2.58. The first-order valence-corrected chi connectivity index (χ1v) is 18.8. The van der Waals surface area contributed by atoms with E-state index in [0.717, 1.165) is 82.2 Å². The average Bonchev–Trinajstić information content (AvgIpc) is 2.82. The van der Waals surface area contributed by atoms with Gasteiger partial charge in [-0.05, 0) is 102 Å². The molecule has 4 aliphatic heterocycles. The molecular weight excluding hydrogens is 568 g/mol. The normalized spacial score (nSPS) is 35.1. The molecule has 4 rings (SSSR count). The summed E-state index contributed by atoms with van der Waals surface area (Å²) in [6, 6.07) is 0.795. The third-order valence-corrected chi connectivity index (χ3v) is 13.6. The van der Waals surface area contributed by atoms with E-state index in [-0.39, 0.29) is 34.4 Å². The van der Waals surface area contributed by atoms with Gasteiger partial charge in [-0.25, -0.2) is 4.67 Å². The topological polar surface area (TPSA) is 76.3 Å². The second-order valence-electron chi connectivity index (χ2n) is 16.2. The van der Waals surface area contributed by atoms with Crippen LogP contribution in [0.1, 0.15) is 108 Å². The standard InChI is InChI=1S/C31H64N5O4P2/c1-24-12-18-37-41(39-24)35(26-20-28(3,4)33-29(5,6)21-26)15-17-36(16-14-32-11,42-38-19-13-25(2)40-42)27-22-30(7,8)34-31(9,10)23-27/h24-27,32-34H,12-23H2,1-11H3/q+1. The van der Waals surface area contributed by atoms with Crippen molar-refractivity contribution in [2.24, 2.45) is 0 Å². The quantitative estimate of drug-likeness (QED) is 0.252. The molecule has 0 aromatic heterocycles. The molecule has 0 bridgehead atoms. The zero-order valence-electron chi connectivity index (χ0n) is 28.7. The van der Waals surface area contributed by atoms with Crippen molar-refractivity contribution in [2.45, 2.75) is 154 Å². The van der Waals surface area contributed by atoms with Gasteiger partial charge >= 0.3 is 8.53 Å². The molecular formula is C31H64N5O4P2+. The molecule has 0 aliphatic carbocycles. The lowest BCUT2D eigenvalue weighted by Gasteiger charge is -2.56. The van der Waals surface area contributed by atoms with Gasteiger partial charge in [-0.3, -0.25) is 13.3 Å². The molecule has 42 heavy (non-hydrogen) atoms. The molecule has 0 spiro atoms. The molecule has 4 heterocycles. The van der Waals surface area contributed by atoms with Crippen LogP contribution in [0.25, 0.3) is 0 Å². The Labute approximate surface area is 260 Å². The van der Waals surface area contributed by atoms with Gasteiger partial charge in [-0.1, -0.05) is 0 Å². The van der Waals surface area contributed by atoms with Gasteiger partial charge in [-0.15, -0.1) is 0 Å². The summed E-state index contributed by atoms with van der Waals surface area (Å²) in [5, 5.41) is 11.3. The molecule has 0 aromatic carbocycles. The highest BCUT2D eigenvalue weighted by molar-refractivity contribution is 7.44. The lowest BCUT2D eigenvalue weighted by Crippen LogP contribution is -2.68. The van der Waals surface area contributed by atoms with Gasteiger partial charge in [0.05, 0.1) is 51.1 Å². The highest BCUT2D eigenvalue weighted by Gasteiger charge is 2.55. The predicted octanol–water partition coefficient (Wildman–Crippen LogP) is 6.05. The Bertz CT molecular complexity index is 861. The average molecular weight is 633 g/mol. The predicted molar refractivity (Wildman–Crippen MR) is 175 cm³/mol. The molecule has 246 valence electrons. The van der Waals surface area contributed by atoms with Crippen molar-refractivity contribution in [3.8, 4) is 0 Å². The van der Waals surface area contributed by atoms with Crippen molar-refractivity contribution in [2.75, 3.05) is 46.4 Å². The fourth-order valence-electron chi connectivity index (χ4n) is 8.25. The third kappa shape index (κ3) is 9.06. The first-order valence-electron chi connectivity index (χ1n) is 16.5. The Kier molecular flexibility index (Phi) is 11.5. The number of quaternary nitrogens is 1. The van der Waals surface area contributed by atoms with E-state index in [1.54, 1.807) is 0 Å². The molecule has 9 nitrogen and oxygen atoms in total. The van der Waals surface area contributed by atoms with Crippen LogP contribution in [0.15, 0.2) is 0 Å². The van der Waals surface area contributed by atoms with Crippen LogP contribution >= 0.6 is 17.1 Å². The Balaban J connectivity index is 1.72.